The van der Waals surface area contributed by atoms with Crippen molar-refractivity contribution >= 4 is 23.3 Å². The van der Waals surface area contributed by atoms with Gasteiger partial charge < -0.3 is 20.9 Å². The standard InChI is InChI=1S/C14H20N2O4/c1-3-9(4-2)14(19)16-11-7-10(15)5-6-12(11)20-8-13(17)18/h5-7,9H,3-4,8,15H2,1-2H3,(H,16,19)(H,17,18). The maximum absolute atomic E-state index is 12.1. The molecule has 4 N–H and O–H groups in total. The number of nitrogen functional groups attached to an aromatic ring is 1. The number of amides is 1. The summed E-state index contributed by atoms with van der Waals surface area (Å²) in [5.74, 6) is -1.01. The predicted octanol–water partition coefficient (Wildman–Crippen LogP) is 2.11. The number of rotatable bonds is 7. The summed E-state index contributed by atoms with van der Waals surface area (Å²) in [4.78, 5) is 22.6. The number of aliphatic carboxylic acids is 1. The second-order valence-corrected chi connectivity index (χ2v) is 4.44. The Morgan fingerprint density at radius 1 is 1.35 bits per heavy atom. The molecular formula is C14H20N2O4. The minimum absolute atomic E-state index is 0.0937. The molecule has 0 aromatic heterocycles. The zero-order chi connectivity index (χ0) is 15.1. The lowest BCUT2D eigenvalue weighted by molar-refractivity contribution is -0.139. The third-order valence-electron chi connectivity index (χ3n) is 2.97. The van der Waals surface area contributed by atoms with Crippen LogP contribution in [0, 0.1) is 5.92 Å². The van der Waals surface area contributed by atoms with Crippen molar-refractivity contribution in [3.63, 3.8) is 0 Å². The van der Waals surface area contributed by atoms with E-state index in [1.807, 2.05) is 13.8 Å². The highest BCUT2D eigenvalue weighted by Gasteiger charge is 2.16. The summed E-state index contributed by atoms with van der Waals surface area (Å²) in [7, 11) is 0. The number of hydrogen-bond donors (Lipinski definition) is 3. The SMILES string of the molecule is CCC(CC)C(=O)Nc1cc(N)ccc1OCC(=O)O. The van der Waals surface area contributed by atoms with Crippen LogP contribution < -0.4 is 15.8 Å². The van der Waals surface area contributed by atoms with Crippen molar-refractivity contribution in [3.05, 3.63) is 18.2 Å². The number of carbonyl (C=O) groups excluding carboxylic acids is 1. The van der Waals surface area contributed by atoms with Gasteiger partial charge in [-0.25, -0.2) is 4.79 Å². The number of ether oxygens (including phenoxy) is 1. The molecule has 0 spiro atoms. The van der Waals surface area contributed by atoms with Crippen LogP contribution >= 0.6 is 0 Å². The van der Waals surface area contributed by atoms with Gasteiger partial charge in [-0.2, -0.15) is 0 Å². The van der Waals surface area contributed by atoms with E-state index in [-0.39, 0.29) is 11.8 Å². The maximum atomic E-state index is 12.1. The molecule has 0 aliphatic carbocycles. The summed E-state index contributed by atoms with van der Waals surface area (Å²) in [5.41, 5.74) is 6.53. The number of hydrogen-bond acceptors (Lipinski definition) is 4. The molecule has 20 heavy (non-hydrogen) atoms. The van der Waals surface area contributed by atoms with Crippen LogP contribution in [0.15, 0.2) is 18.2 Å². The molecule has 0 atom stereocenters. The third-order valence-corrected chi connectivity index (χ3v) is 2.97. The maximum Gasteiger partial charge on any atom is 0.341 e. The summed E-state index contributed by atoms with van der Waals surface area (Å²) in [6.45, 7) is 3.40. The molecule has 110 valence electrons. The molecular weight excluding hydrogens is 260 g/mol. The second-order valence-electron chi connectivity index (χ2n) is 4.44. The van der Waals surface area contributed by atoms with E-state index in [0.717, 1.165) is 12.8 Å². The number of carboxylic acid groups (broad SMARTS) is 1. The van der Waals surface area contributed by atoms with Gasteiger partial charge in [-0.15, -0.1) is 0 Å². The van der Waals surface area contributed by atoms with E-state index in [2.05, 4.69) is 5.32 Å². The van der Waals surface area contributed by atoms with Gasteiger partial charge in [-0.3, -0.25) is 4.79 Å². The number of carbonyl (C=O) groups is 2. The van der Waals surface area contributed by atoms with E-state index < -0.39 is 12.6 Å². The number of carboxylic acids is 1. The second kappa shape index (κ2) is 7.37. The fraction of sp³-hybridized carbons (Fsp3) is 0.429. The third kappa shape index (κ3) is 4.46. The minimum atomic E-state index is -1.08. The summed E-state index contributed by atoms with van der Waals surface area (Å²) in [5, 5.41) is 11.4. The Kier molecular flexibility index (Phi) is 5.83. The van der Waals surface area contributed by atoms with Gasteiger partial charge in [-0.05, 0) is 31.0 Å². The fourth-order valence-electron chi connectivity index (χ4n) is 1.80. The van der Waals surface area contributed by atoms with E-state index in [0.29, 0.717) is 17.1 Å². The van der Waals surface area contributed by atoms with Crippen molar-refractivity contribution < 1.29 is 19.4 Å². The Morgan fingerprint density at radius 2 is 2.00 bits per heavy atom. The van der Waals surface area contributed by atoms with Gasteiger partial charge in [0, 0.05) is 11.6 Å². The summed E-state index contributed by atoms with van der Waals surface area (Å²) >= 11 is 0. The first-order valence-electron chi connectivity index (χ1n) is 6.52. The first kappa shape index (κ1) is 15.8. The Bertz CT molecular complexity index is 484. The van der Waals surface area contributed by atoms with E-state index >= 15 is 0 Å². The average Bonchev–Trinajstić information content (AvgIpc) is 2.39. The van der Waals surface area contributed by atoms with Gasteiger partial charge in [0.25, 0.3) is 0 Å². The lowest BCUT2D eigenvalue weighted by atomic mass is 10.0. The van der Waals surface area contributed by atoms with Crippen LogP contribution in [0.2, 0.25) is 0 Å². The number of nitrogens with two attached hydrogens (primary N) is 1. The van der Waals surface area contributed by atoms with Gasteiger partial charge in [0.2, 0.25) is 5.91 Å². The van der Waals surface area contributed by atoms with Crippen molar-refractivity contribution in [1.82, 2.24) is 0 Å². The molecule has 0 fully saturated rings. The molecule has 0 heterocycles. The molecule has 6 heteroatoms. The molecule has 0 radical (unpaired) electrons. The molecule has 1 amide bonds. The first-order chi connectivity index (χ1) is 9.47. The van der Waals surface area contributed by atoms with Crippen LogP contribution in [-0.4, -0.2) is 23.6 Å². The lowest BCUT2D eigenvalue weighted by Gasteiger charge is -2.16. The molecule has 6 nitrogen and oxygen atoms in total. The zero-order valence-corrected chi connectivity index (χ0v) is 11.7. The van der Waals surface area contributed by atoms with Gasteiger partial charge in [0.15, 0.2) is 6.61 Å². The zero-order valence-electron chi connectivity index (χ0n) is 11.7. The fourth-order valence-corrected chi connectivity index (χ4v) is 1.80. The highest BCUT2D eigenvalue weighted by molar-refractivity contribution is 5.94. The molecule has 0 aliphatic rings. The number of anilines is 2. The monoisotopic (exact) mass is 280 g/mol. The van der Waals surface area contributed by atoms with E-state index in [9.17, 15) is 9.59 Å². The molecule has 0 unspecified atom stereocenters. The van der Waals surface area contributed by atoms with Crippen LogP contribution in [0.25, 0.3) is 0 Å². The molecule has 1 aromatic rings. The largest absolute Gasteiger partial charge is 0.480 e. The number of nitrogens with one attached hydrogen (secondary N) is 1. The van der Waals surface area contributed by atoms with Crippen LogP contribution in [0.3, 0.4) is 0 Å². The van der Waals surface area contributed by atoms with Crippen molar-refractivity contribution in [2.75, 3.05) is 17.7 Å². The first-order valence-corrected chi connectivity index (χ1v) is 6.52. The average molecular weight is 280 g/mol. The van der Waals surface area contributed by atoms with Crippen LogP contribution in [-0.2, 0) is 9.59 Å². The molecule has 1 rings (SSSR count). The Morgan fingerprint density at radius 3 is 2.55 bits per heavy atom. The Hall–Kier alpha value is -2.24. The molecule has 0 bridgehead atoms. The smallest absolute Gasteiger partial charge is 0.341 e. The van der Waals surface area contributed by atoms with Gasteiger partial charge >= 0.3 is 5.97 Å². The van der Waals surface area contributed by atoms with Crippen molar-refractivity contribution in [1.29, 1.82) is 0 Å². The lowest BCUT2D eigenvalue weighted by Crippen LogP contribution is -2.22. The van der Waals surface area contributed by atoms with Crippen LogP contribution in [0.4, 0.5) is 11.4 Å². The molecule has 0 aliphatic heterocycles. The highest BCUT2D eigenvalue weighted by Crippen LogP contribution is 2.28. The quantitative estimate of drug-likeness (QED) is 0.664. The summed E-state index contributed by atoms with van der Waals surface area (Å²) in [6.07, 6.45) is 1.46. The van der Waals surface area contributed by atoms with Gasteiger partial charge in [0.05, 0.1) is 5.69 Å². The Labute approximate surface area is 117 Å². The number of benzene rings is 1. The van der Waals surface area contributed by atoms with Gasteiger partial charge in [-0.1, -0.05) is 13.8 Å². The Balaban J connectivity index is 2.88. The van der Waals surface area contributed by atoms with Gasteiger partial charge in [0.1, 0.15) is 5.75 Å². The minimum Gasteiger partial charge on any atom is -0.480 e. The highest BCUT2D eigenvalue weighted by atomic mass is 16.5. The van der Waals surface area contributed by atoms with Crippen molar-refractivity contribution in [3.8, 4) is 5.75 Å². The van der Waals surface area contributed by atoms with E-state index in [1.54, 1.807) is 18.2 Å². The van der Waals surface area contributed by atoms with E-state index in [1.165, 1.54) is 0 Å². The van der Waals surface area contributed by atoms with Crippen molar-refractivity contribution in [2.45, 2.75) is 26.7 Å². The summed E-state index contributed by atoms with van der Waals surface area (Å²) < 4.78 is 5.13. The van der Waals surface area contributed by atoms with E-state index in [4.69, 9.17) is 15.6 Å². The topological polar surface area (TPSA) is 102 Å². The normalized spacial score (nSPS) is 10.3. The van der Waals surface area contributed by atoms with Crippen molar-refractivity contribution in [2.24, 2.45) is 5.92 Å². The molecule has 0 saturated heterocycles. The van der Waals surface area contributed by atoms with Crippen LogP contribution in [0.5, 0.6) is 5.75 Å². The van der Waals surface area contributed by atoms with Crippen LogP contribution in [0.1, 0.15) is 26.7 Å². The molecule has 0 saturated carbocycles. The predicted molar refractivity (Wildman–Crippen MR) is 76.7 cm³/mol. The molecule has 1 aromatic carbocycles. The summed E-state index contributed by atoms with van der Waals surface area (Å²) in [6, 6.07) is 4.68.